The Hall–Kier alpha value is -1.49. The number of halogens is 2. The highest BCUT2D eigenvalue weighted by Crippen LogP contribution is 2.23. The van der Waals surface area contributed by atoms with Gasteiger partial charge in [-0.1, -0.05) is 6.07 Å². The average molecular weight is 243 g/mol. The van der Waals surface area contributed by atoms with Crippen LogP contribution in [0.3, 0.4) is 0 Å². The number of ether oxygens (including phenoxy) is 1. The Balaban J connectivity index is 2.90. The van der Waals surface area contributed by atoms with E-state index in [0.717, 1.165) is 12.1 Å². The molecule has 0 bridgehead atoms. The molecule has 0 aliphatic carbocycles. The summed E-state index contributed by atoms with van der Waals surface area (Å²) in [5.74, 6) is -1.84. The van der Waals surface area contributed by atoms with E-state index in [-0.39, 0.29) is 18.6 Å². The van der Waals surface area contributed by atoms with Crippen LogP contribution in [0.15, 0.2) is 18.2 Å². The number of carbonyl (C=O) groups is 1. The Morgan fingerprint density at radius 3 is 2.47 bits per heavy atom. The van der Waals surface area contributed by atoms with Crippen molar-refractivity contribution in [1.82, 2.24) is 5.32 Å². The topological polar surface area (TPSA) is 38.3 Å². The molecule has 1 atom stereocenters. The van der Waals surface area contributed by atoms with Crippen LogP contribution in [0.4, 0.5) is 8.78 Å². The predicted octanol–water partition coefficient (Wildman–Crippen LogP) is 2.18. The SMILES string of the molecule is CCOC(=O)CC(NC)c1c(F)cccc1F. The second-order valence-electron chi connectivity index (χ2n) is 3.49. The zero-order chi connectivity index (χ0) is 12.8. The van der Waals surface area contributed by atoms with Gasteiger partial charge < -0.3 is 10.1 Å². The molecule has 5 heteroatoms. The van der Waals surface area contributed by atoms with Crippen LogP contribution < -0.4 is 5.32 Å². The zero-order valence-electron chi connectivity index (χ0n) is 9.80. The maximum Gasteiger partial charge on any atom is 0.307 e. The van der Waals surface area contributed by atoms with Gasteiger partial charge in [0.25, 0.3) is 0 Å². The molecule has 0 amide bonds. The van der Waals surface area contributed by atoms with Crippen LogP contribution in [0, 0.1) is 11.6 Å². The van der Waals surface area contributed by atoms with Crippen molar-refractivity contribution in [3.05, 3.63) is 35.4 Å². The molecule has 3 nitrogen and oxygen atoms in total. The molecule has 1 aromatic carbocycles. The van der Waals surface area contributed by atoms with Crippen molar-refractivity contribution in [3.63, 3.8) is 0 Å². The highest BCUT2D eigenvalue weighted by Gasteiger charge is 2.21. The van der Waals surface area contributed by atoms with E-state index in [1.807, 2.05) is 0 Å². The first-order valence-corrected chi connectivity index (χ1v) is 5.37. The molecular weight excluding hydrogens is 228 g/mol. The number of rotatable bonds is 5. The van der Waals surface area contributed by atoms with E-state index in [1.54, 1.807) is 6.92 Å². The van der Waals surface area contributed by atoms with Gasteiger partial charge in [-0.3, -0.25) is 4.79 Å². The van der Waals surface area contributed by atoms with E-state index >= 15 is 0 Å². The van der Waals surface area contributed by atoms with E-state index in [0.29, 0.717) is 0 Å². The van der Waals surface area contributed by atoms with Gasteiger partial charge in [0.15, 0.2) is 0 Å². The Kier molecular flexibility index (Phi) is 5.03. The van der Waals surface area contributed by atoms with Gasteiger partial charge >= 0.3 is 5.97 Å². The van der Waals surface area contributed by atoms with Gasteiger partial charge in [-0.05, 0) is 26.1 Å². The summed E-state index contributed by atoms with van der Waals surface area (Å²) in [7, 11) is 1.54. The highest BCUT2D eigenvalue weighted by atomic mass is 19.1. The summed E-state index contributed by atoms with van der Waals surface area (Å²) in [6, 6.07) is 2.88. The molecule has 0 heterocycles. The first-order chi connectivity index (χ1) is 8.10. The Labute approximate surface area is 98.8 Å². The van der Waals surface area contributed by atoms with Crippen LogP contribution in [0.2, 0.25) is 0 Å². The molecule has 17 heavy (non-hydrogen) atoms. The lowest BCUT2D eigenvalue weighted by atomic mass is 10.0. The van der Waals surface area contributed by atoms with E-state index in [1.165, 1.54) is 13.1 Å². The molecule has 0 saturated carbocycles. The van der Waals surface area contributed by atoms with Crippen LogP contribution in [-0.2, 0) is 9.53 Å². The first-order valence-electron chi connectivity index (χ1n) is 5.37. The molecule has 1 rings (SSSR count). The van der Waals surface area contributed by atoms with Crippen molar-refractivity contribution in [2.75, 3.05) is 13.7 Å². The fourth-order valence-corrected chi connectivity index (χ4v) is 1.58. The lowest BCUT2D eigenvalue weighted by molar-refractivity contribution is -0.143. The maximum absolute atomic E-state index is 13.5. The summed E-state index contributed by atoms with van der Waals surface area (Å²) in [4.78, 5) is 11.3. The van der Waals surface area contributed by atoms with Crippen LogP contribution in [-0.4, -0.2) is 19.6 Å². The molecule has 94 valence electrons. The summed E-state index contributed by atoms with van der Waals surface area (Å²) >= 11 is 0. The Bertz CT molecular complexity index is 376. The highest BCUT2D eigenvalue weighted by molar-refractivity contribution is 5.70. The van der Waals surface area contributed by atoms with Crippen molar-refractivity contribution < 1.29 is 18.3 Å². The third kappa shape index (κ3) is 3.49. The lowest BCUT2D eigenvalue weighted by Crippen LogP contribution is -2.23. The van der Waals surface area contributed by atoms with Gasteiger partial charge in [0.1, 0.15) is 11.6 Å². The van der Waals surface area contributed by atoms with Crippen LogP contribution in [0.5, 0.6) is 0 Å². The number of hydrogen-bond acceptors (Lipinski definition) is 3. The zero-order valence-corrected chi connectivity index (χ0v) is 9.80. The Morgan fingerprint density at radius 1 is 1.41 bits per heavy atom. The molecule has 0 fully saturated rings. The first kappa shape index (κ1) is 13.6. The van der Waals surface area contributed by atoms with E-state index in [9.17, 15) is 13.6 Å². The normalized spacial score (nSPS) is 12.2. The molecule has 0 aliphatic heterocycles. The van der Waals surface area contributed by atoms with Gasteiger partial charge in [0.2, 0.25) is 0 Å². The molecule has 0 spiro atoms. The van der Waals surface area contributed by atoms with E-state index in [4.69, 9.17) is 4.74 Å². The van der Waals surface area contributed by atoms with E-state index < -0.39 is 23.6 Å². The molecule has 0 radical (unpaired) electrons. The van der Waals surface area contributed by atoms with Crippen molar-refractivity contribution in [2.24, 2.45) is 0 Å². The minimum atomic E-state index is -0.727. The van der Waals surface area contributed by atoms with Gasteiger partial charge in [-0.15, -0.1) is 0 Å². The number of esters is 1. The third-order valence-electron chi connectivity index (χ3n) is 2.37. The lowest BCUT2D eigenvalue weighted by Gasteiger charge is -2.17. The molecule has 0 saturated heterocycles. The number of nitrogens with one attached hydrogen (secondary N) is 1. The standard InChI is InChI=1S/C12H15F2NO2/c1-3-17-11(16)7-10(15-2)12-8(13)5-4-6-9(12)14/h4-6,10,15H,3,7H2,1-2H3. The summed E-state index contributed by atoms with van der Waals surface area (Å²) in [6.07, 6.45) is -0.109. The number of carbonyl (C=O) groups excluding carboxylic acids is 1. The van der Waals surface area contributed by atoms with Gasteiger partial charge in [-0.2, -0.15) is 0 Å². The van der Waals surface area contributed by atoms with E-state index in [2.05, 4.69) is 5.32 Å². The Morgan fingerprint density at radius 2 is 2.00 bits per heavy atom. The van der Waals surface area contributed by atoms with Crippen molar-refractivity contribution in [3.8, 4) is 0 Å². The smallest absolute Gasteiger partial charge is 0.307 e. The summed E-state index contributed by atoms with van der Waals surface area (Å²) in [5.41, 5.74) is -0.136. The number of hydrogen-bond donors (Lipinski definition) is 1. The predicted molar refractivity (Wildman–Crippen MR) is 59.4 cm³/mol. The fourth-order valence-electron chi connectivity index (χ4n) is 1.58. The van der Waals surface area contributed by atoms with Gasteiger partial charge in [0.05, 0.1) is 13.0 Å². The monoisotopic (exact) mass is 243 g/mol. The van der Waals surface area contributed by atoms with Crippen molar-refractivity contribution in [1.29, 1.82) is 0 Å². The van der Waals surface area contributed by atoms with Crippen LogP contribution >= 0.6 is 0 Å². The second-order valence-corrected chi connectivity index (χ2v) is 3.49. The summed E-state index contributed by atoms with van der Waals surface area (Å²) in [6.45, 7) is 1.92. The third-order valence-corrected chi connectivity index (χ3v) is 2.37. The van der Waals surface area contributed by atoms with Crippen LogP contribution in [0.25, 0.3) is 0 Å². The summed E-state index contributed by atoms with van der Waals surface area (Å²) in [5, 5.41) is 2.71. The molecule has 0 aromatic heterocycles. The van der Waals surface area contributed by atoms with Gasteiger partial charge in [0, 0.05) is 11.6 Å². The molecule has 1 aromatic rings. The van der Waals surface area contributed by atoms with Crippen LogP contribution in [0.1, 0.15) is 24.9 Å². The quantitative estimate of drug-likeness (QED) is 0.805. The van der Waals surface area contributed by atoms with Crippen molar-refractivity contribution in [2.45, 2.75) is 19.4 Å². The average Bonchev–Trinajstić information content (AvgIpc) is 2.27. The largest absolute Gasteiger partial charge is 0.466 e. The second kappa shape index (κ2) is 6.30. The molecule has 1 N–H and O–H groups in total. The molecular formula is C12H15F2NO2. The fraction of sp³-hybridized carbons (Fsp3) is 0.417. The number of benzene rings is 1. The minimum Gasteiger partial charge on any atom is -0.466 e. The minimum absolute atomic E-state index is 0.109. The van der Waals surface area contributed by atoms with Gasteiger partial charge in [-0.25, -0.2) is 8.78 Å². The summed E-state index contributed by atoms with van der Waals surface area (Å²) < 4.78 is 31.7. The molecule has 0 aliphatic rings. The maximum atomic E-state index is 13.5. The van der Waals surface area contributed by atoms with Crippen molar-refractivity contribution >= 4 is 5.97 Å². The molecule has 1 unspecified atom stereocenters.